The van der Waals surface area contributed by atoms with Crippen LogP contribution >= 0.6 is 0 Å². The predicted octanol–water partition coefficient (Wildman–Crippen LogP) is 3.66. The SMILES string of the molecule is CCOc1ccc(N2CC(C(=O)Nc3cccc(Oc4cnccn4)c3)CC2=O)cc1. The molecule has 1 aromatic heterocycles. The number of hydrogen-bond acceptors (Lipinski definition) is 6. The van der Waals surface area contributed by atoms with E-state index in [1.807, 2.05) is 31.2 Å². The standard InChI is InChI=1S/C23H22N4O4/c1-2-30-19-8-6-18(7-9-19)27-15-16(12-22(27)28)23(29)26-17-4-3-5-20(13-17)31-21-14-24-10-11-25-21/h3-11,13-14,16H,2,12,15H2,1H3,(H,26,29). The molecule has 1 aliphatic heterocycles. The minimum Gasteiger partial charge on any atom is -0.494 e. The molecule has 1 atom stereocenters. The fourth-order valence-corrected chi connectivity index (χ4v) is 3.36. The summed E-state index contributed by atoms with van der Waals surface area (Å²) in [6.07, 6.45) is 4.76. The van der Waals surface area contributed by atoms with E-state index in [1.165, 1.54) is 12.4 Å². The van der Waals surface area contributed by atoms with Crippen molar-refractivity contribution < 1.29 is 19.1 Å². The van der Waals surface area contributed by atoms with Crippen LogP contribution in [0.2, 0.25) is 0 Å². The van der Waals surface area contributed by atoms with Crippen molar-refractivity contribution in [3.8, 4) is 17.4 Å². The zero-order chi connectivity index (χ0) is 21.6. The maximum Gasteiger partial charge on any atom is 0.237 e. The lowest BCUT2D eigenvalue weighted by Crippen LogP contribution is -2.28. The molecule has 4 rings (SSSR count). The highest BCUT2D eigenvalue weighted by atomic mass is 16.5. The Morgan fingerprint density at radius 3 is 2.74 bits per heavy atom. The number of anilines is 2. The smallest absolute Gasteiger partial charge is 0.237 e. The Kier molecular flexibility index (Phi) is 6.07. The quantitative estimate of drug-likeness (QED) is 0.629. The molecule has 1 N–H and O–H groups in total. The molecule has 1 unspecified atom stereocenters. The molecule has 0 saturated carbocycles. The summed E-state index contributed by atoms with van der Waals surface area (Å²) in [6.45, 7) is 2.82. The van der Waals surface area contributed by atoms with E-state index in [0.717, 1.165) is 11.4 Å². The van der Waals surface area contributed by atoms with Gasteiger partial charge in [-0.1, -0.05) is 6.07 Å². The second kappa shape index (κ2) is 9.25. The van der Waals surface area contributed by atoms with Gasteiger partial charge in [-0.2, -0.15) is 0 Å². The van der Waals surface area contributed by atoms with Crippen LogP contribution in [0, 0.1) is 5.92 Å². The van der Waals surface area contributed by atoms with E-state index in [9.17, 15) is 9.59 Å². The molecule has 0 spiro atoms. The Bertz CT molecular complexity index is 1060. The molecular weight excluding hydrogens is 396 g/mol. The largest absolute Gasteiger partial charge is 0.494 e. The minimum atomic E-state index is -0.441. The van der Waals surface area contributed by atoms with Crippen LogP contribution in [0.25, 0.3) is 0 Å². The molecule has 8 heteroatoms. The van der Waals surface area contributed by atoms with Crippen LogP contribution in [0.4, 0.5) is 11.4 Å². The first-order chi connectivity index (χ1) is 15.1. The molecular formula is C23H22N4O4. The summed E-state index contributed by atoms with van der Waals surface area (Å²) in [5.74, 6) is 0.900. The van der Waals surface area contributed by atoms with Crippen LogP contribution in [-0.2, 0) is 9.59 Å². The number of hydrogen-bond donors (Lipinski definition) is 1. The summed E-state index contributed by atoms with van der Waals surface area (Å²) in [4.78, 5) is 34.9. The Balaban J connectivity index is 1.39. The second-order valence-corrected chi connectivity index (χ2v) is 7.00. The summed E-state index contributed by atoms with van der Waals surface area (Å²) in [7, 11) is 0. The van der Waals surface area contributed by atoms with Gasteiger partial charge >= 0.3 is 0 Å². The van der Waals surface area contributed by atoms with Crippen molar-refractivity contribution in [2.75, 3.05) is 23.4 Å². The summed E-state index contributed by atoms with van der Waals surface area (Å²) in [5.41, 5.74) is 1.33. The van der Waals surface area contributed by atoms with Crippen LogP contribution in [0.5, 0.6) is 17.4 Å². The molecule has 3 aromatic rings. The lowest BCUT2D eigenvalue weighted by atomic mass is 10.1. The van der Waals surface area contributed by atoms with Crippen LogP contribution in [0.15, 0.2) is 67.1 Å². The van der Waals surface area contributed by atoms with E-state index < -0.39 is 5.92 Å². The van der Waals surface area contributed by atoms with Crippen LogP contribution in [-0.4, -0.2) is 34.9 Å². The van der Waals surface area contributed by atoms with Gasteiger partial charge in [0.25, 0.3) is 0 Å². The summed E-state index contributed by atoms with van der Waals surface area (Å²) >= 11 is 0. The third kappa shape index (κ3) is 4.98. The van der Waals surface area contributed by atoms with Gasteiger partial charge in [0.15, 0.2) is 0 Å². The number of aromatic nitrogens is 2. The van der Waals surface area contributed by atoms with Crippen molar-refractivity contribution in [3.63, 3.8) is 0 Å². The molecule has 0 bridgehead atoms. The van der Waals surface area contributed by atoms with E-state index in [1.54, 1.807) is 35.4 Å². The number of benzene rings is 2. The monoisotopic (exact) mass is 418 g/mol. The van der Waals surface area contributed by atoms with E-state index in [2.05, 4.69) is 15.3 Å². The van der Waals surface area contributed by atoms with Gasteiger partial charge in [-0.05, 0) is 43.3 Å². The second-order valence-electron chi connectivity index (χ2n) is 7.00. The topological polar surface area (TPSA) is 93.7 Å². The van der Waals surface area contributed by atoms with Gasteiger partial charge in [-0.15, -0.1) is 0 Å². The number of nitrogens with one attached hydrogen (secondary N) is 1. The van der Waals surface area contributed by atoms with Crippen LogP contribution in [0.3, 0.4) is 0 Å². The first-order valence-corrected chi connectivity index (χ1v) is 10.0. The zero-order valence-electron chi connectivity index (χ0n) is 17.0. The van der Waals surface area contributed by atoms with Crippen molar-refractivity contribution in [1.29, 1.82) is 0 Å². The van der Waals surface area contributed by atoms with Crippen molar-refractivity contribution in [1.82, 2.24) is 9.97 Å². The number of carbonyl (C=O) groups is 2. The Morgan fingerprint density at radius 1 is 1.16 bits per heavy atom. The molecule has 2 heterocycles. The summed E-state index contributed by atoms with van der Waals surface area (Å²) in [5, 5.41) is 2.87. The van der Waals surface area contributed by atoms with Gasteiger partial charge in [0.1, 0.15) is 11.5 Å². The lowest BCUT2D eigenvalue weighted by Gasteiger charge is -2.17. The van der Waals surface area contributed by atoms with Crippen molar-refractivity contribution >= 4 is 23.2 Å². The first kappa shape index (κ1) is 20.3. The molecule has 1 aliphatic rings. The third-order valence-corrected chi connectivity index (χ3v) is 4.82. The highest BCUT2D eigenvalue weighted by Crippen LogP contribution is 2.28. The van der Waals surface area contributed by atoms with Crippen LogP contribution in [0.1, 0.15) is 13.3 Å². The number of rotatable bonds is 7. The molecule has 0 radical (unpaired) electrons. The van der Waals surface area contributed by atoms with E-state index in [0.29, 0.717) is 30.5 Å². The Hall–Kier alpha value is -3.94. The van der Waals surface area contributed by atoms with Crippen molar-refractivity contribution in [3.05, 3.63) is 67.1 Å². The molecule has 1 fully saturated rings. The van der Waals surface area contributed by atoms with Crippen molar-refractivity contribution in [2.24, 2.45) is 5.92 Å². The number of amides is 2. The number of ether oxygens (including phenoxy) is 2. The Morgan fingerprint density at radius 2 is 2.00 bits per heavy atom. The van der Waals surface area contributed by atoms with Crippen LogP contribution < -0.4 is 19.7 Å². The molecule has 1 saturated heterocycles. The summed E-state index contributed by atoms with van der Waals surface area (Å²) in [6, 6.07) is 14.3. The summed E-state index contributed by atoms with van der Waals surface area (Å²) < 4.78 is 11.1. The minimum absolute atomic E-state index is 0.0796. The van der Waals surface area contributed by atoms with E-state index in [-0.39, 0.29) is 18.2 Å². The highest BCUT2D eigenvalue weighted by Gasteiger charge is 2.35. The van der Waals surface area contributed by atoms with Gasteiger partial charge in [0, 0.05) is 42.8 Å². The van der Waals surface area contributed by atoms with Gasteiger partial charge in [0.05, 0.1) is 18.7 Å². The van der Waals surface area contributed by atoms with Gasteiger partial charge in [0.2, 0.25) is 17.7 Å². The molecule has 8 nitrogen and oxygen atoms in total. The normalized spacial score (nSPS) is 15.6. The zero-order valence-corrected chi connectivity index (χ0v) is 17.0. The maximum absolute atomic E-state index is 12.8. The molecule has 31 heavy (non-hydrogen) atoms. The van der Waals surface area contributed by atoms with Crippen molar-refractivity contribution in [2.45, 2.75) is 13.3 Å². The van der Waals surface area contributed by atoms with Gasteiger partial charge < -0.3 is 19.7 Å². The predicted molar refractivity (Wildman–Crippen MR) is 115 cm³/mol. The number of carbonyl (C=O) groups excluding carboxylic acids is 2. The fourth-order valence-electron chi connectivity index (χ4n) is 3.36. The van der Waals surface area contributed by atoms with Gasteiger partial charge in [-0.3, -0.25) is 14.6 Å². The third-order valence-electron chi connectivity index (χ3n) is 4.82. The molecule has 158 valence electrons. The molecule has 2 aromatic carbocycles. The average molecular weight is 418 g/mol. The average Bonchev–Trinajstić information content (AvgIpc) is 3.17. The number of nitrogens with zero attached hydrogens (tertiary/aromatic N) is 3. The Labute approximate surface area is 179 Å². The van der Waals surface area contributed by atoms with Gasteiger partial charge in [-0.25, -0.2) is 4.98 Å². The highest BCUT2D eigenvalue weighted by molar-refractivity contribution is 6.03. The fraction of sp³-hybridized carbons (Fsp3) is 0.217. The van der Waals surface area contributed by atoms with E-state index >= 15 is 0 Å². The maximum atomic E-state index is 12.8. The van der Waals surface area contributed by atoms with E-state index in [4.69, 9.17) is 9.47 Å². The first-order valence-electron chi connectivity index (χ1n) is 10.0. The molecule has 2 amide bonds. The molecule has 0 aliphatic carbocycles. The lowest BCUT2D eigenvalue weighted by molar-refractivity contribution is -0.122.